The Kier molecular flexibility index (Phi) is 8.42. The van der Waals surface area contributed by atoms with Crippen molar-refractivity contribution >= 4 is 29.3 Å². The molecule has 0 bridgehead atoms. The Labute approximate surface area is 136 Å². The van der Waals surface area contributed by atoms with Crippen LogP contribution in [0.3, 0.4) is 0 Å². The third-order valence-electron chi connectivity index (χ3n) is 4.20. The summed E-state index contributed by atoms with van der Waals surface area (Å²) in [4.78, 5) is 36.4. The molecule has 0 radical (unpaired) electrons. The molecule has 0 aromatic rings. The lowest BCUT2D eigenvalue weighted by molar-refractivity contribution is -0.145. The van der Waals surface area contributed by atoms with Gasteiger partial charge in [0.05, 0.1) is 6.04 Å². The maximum absolute atomic E-state index is 12.6. The van der Waals surface area contributed by atoms with E-state index in [0.29, 0.717) is 12.3 Å². The smallest absolute Gasteiger partial charge is 0.246 e. The number of amides is 3. The van der Waals surface area contributed by atoms with E-state index in [1.54, 1.807) is 7.05 Å². The van der Waals surface area contributed by atoms with Crippen LogP contribution in [0.1, 0.15) is 44.9 Å². The second-order valence-electron chi connectivity index (χ2n) is 5.81. The lowest BCUT2D eigenvalue weighted by atomic mass is 9.84. The second-order valence-corrected chi connectivity index (χ2v) is 6.08. The molecule has 22 heavy (non-hydrogen) atoms. The van der Waals surface area contributed by atoms with Crippen molar-refractivity contribution in [2.45, 2.75) is 51.0 Å². The van der Waals surface area contributed by atoms with Gasteiger partial charge in [0.1, 0.15) is 5.88 Å². The normalized spacial score (nSPS) is 17.0. The molecular weight excluding hydrogens is 306 g/mol. The number of nitrogens with zero attached hydrogens (tertiary/aromatic N) is 1. The van der Waals surface area contributed by atoms with Gasteiger partial charge in [-0.3, -0.25) is 19.3 Å². The predicted octanol–water partition coefficient (Wildman–Crippen LogP) is 1.01. The number of hydrogen-bond donors (Lipinski definition) is 2. The van der Waals surface area contributed by atoms with Gasteiger partial charge >= 0.3 is 0 Å². The standard InChI is InChI=1S/C15H26ClN3O3/c1-18-12(9-11-5-3-2-4-6-11)15(22)19(14(21)10-16)8-7-13(17)20/h11-12,18H,2-10H2,1H3,(H2,17,20)/t12-/m0/s1. The average Bonchev–Trinajstić information content (AvgIpc) is 2.52. The molecule has 0 saturated heterocycles. The van der Waals surface area contributed by atoms with Crippen LogP contribution in [0.4, 0.5) is 0 Å². The van der Waals surface area contributed by atoms with E-state index in [1.165, 1.54) is 19.3 Å². The molecule has 3 N–H and O–H groups in total. The van der Waals surface area contributed by atoms with E-state index in [1.807, 2.05) is 0 Å². The van der Waals surface area contributed by atoms with Crippen LogP contribution in [-0.2, 0) is 14.4 Å². The van der Waals surface area contributed by atoms with Gasteiger partial charge in [-0.15, -0.1) is 11.6 Å². The van der Waals surface area contributed by atoms with Crippen molar-refractivity contribution in [2.24, 2.45) is 11.7 Å². The molecule has 3 amide bonds. The van der Waals surface area contributed by atoms with E-state index >= 15 is 0 Å². The van der Waals surface area contributed by atoms with Gasteiger partial charge in [-0.2, -0.15) is 0 Å². The van der Waals surface area contributed by atoms with Gasteiger partial charge in [0, 0.05) is 13.0 Å². The highest BCUT2D eigenvalue weighted by atomic mass is 35.5. The first-order valence-electron chi connectivity index (χ1n) is 7.85. The number of halogens is 1. The van der Waals surface area contributed by atoms with E-state index in [-0.39, 0.29) is 24.8 Å². The minimum atomic E-state index is -0.548. The van der Waals surface area contributed by atoms with E-state index in [9.17, 15) is 14.4 Å². The summed E-state index contributed by atoms with van der Waals surface area (Å²) in [6.07, 6.45) is 6.55. The Morgan fingerprint density at radius 2 is 1.91 bits per heavy atom. The summed E-state index contributed by atoms with van der Waals surface area (Å²) in [6.45, 7) is -0.0113. The van der Waals surface area contributed by atoms with Gasteiger partial charge in [-0.25, -0.2) is 0 Å². The number of nitrogens with one attached hydrogen (secondary N) is 1. The topological polar surface area (TPSA) is 92.5 Å². The molecule has 0 aromatic heterocycles. The van der Waals surface area contributed by atoms with Gasteiger partial charge in [0.2, 0.25) is 17.7 Å². The van der Waals surface area contributed by atoms with Crippen LogP contribution in [0, 0.1) is 5.92 Å². The Morgan fingerprint density at radius 1 is 1.27 bits per heavy atom. The van der Waals surface area contributed by atoms with Crippen LogP contribution in [-0.4, -0.2) is 48.1 Å². The van der Waals surface area contributed by atoms with Crippen molar-refractivity contribution in [3.63, 3.8) is 0 Å². The van der Waals surface area contributed by atoms with E-state index < -0.39 is 17.9 Å². The highest BCUT2D eigenvalue weighted by Crippen LogP contribution is 2.27. The summed E-state index contributed by atoms with van der Waals surface area (Å²) in [5, 5.41) is 2.99. The second kappa shape index (κ2) is 9.79. The number of alkyl halides is 1. The molecule has 1 aliphatic carbocycles. The molecule has 6 nitrogen and oxygen atoms in total. The molecule has 1 aliphatic rings. The van der Waals surface area contributed by atoms with Crippen LogP contribution >= 0.6 is 11.6 Å². The third-order valence-corrected chi connectivity index (χ3v) is 4.43. The molecule has 0 unspecified atom stereocenters. The quantitative estimate of drug-likeness (QED) is 0.649. The SMILES string of the molecule is CN[C@@H](CC1CCCCC1)C(=O)N(CCC(N)=O)C(=O)CCl. The van der Waals surface area contributed by atoms with Gasteiger partial charge in [0.15, 0.2) is 0 Å². The average molecular weight is 332 g/mol. The zero-order valence-electron chi connectivity index (χ0n) is 13.1. The fourth-order valence-electron chi connectivity index (χ4n) is 2.94. The minimum Gasteiger partial charge on any atom is -0.370 e. The Hall–Kier alpha value is -1.14. The van der Waals surface area contributed by atoms with Gasteiger partial charge in [0.25, 0.3) is 0 Å². The number of nitrogens with two attached hydrogens (primary N) is 1. The number of rotatable bonds is 8. The van der Waals surface area contributed by atoms with Gasteiger partial charge in [-0.05, 0) is 19.4 Å². The molecule has 1 rings (SSSR count). The lowest BCUT2D eigenvalue weighted by Gasteiger charge is -2.29. The van der Waals surface area contributed by atoms with Crippen LogP contribution in [0.15, 0.2) is 0 Å². The van der Waals surface area contributed by atoms with Crippen molar-refractivity contribution in [1.29, 1.82) is 0 Å². The number of hydrogen-bond acceptors (Lipinski definition) is 4. The Morgan fingerprint density at radius 3 is 2.41 bits per heavy atom. The number of primary amides is 1. The Bertz CT molecular complexity index is 397. The van der Waals surface area contributed by atoms with Crippen LogP contribution in [0.25, 0.3) is 0 Å². The fourth-order valence-corrected chi connectivity index (χ4v) is 3.08. The van der Waals surface area contributed by atoms with Crippen LogP contribution < -0.4 is 11.1 Å². The predicted molar refractivity (Wildman–Crippen MR) is 85.3 cm³/mol. The van der Waals surface area contributed by atoms with Crippen molar-refractivity contribution < 1.29 is 14.4 Å². The maximum atomic E-state index is 12.6. The highest BCUT2D eigenvalue weighted by Gasteiger charge is 2.30. The number of carbonyl (C=O) groups is 3. The van der Waals surface area contributed by atoms with E-state index in [0.717, 1.165) is 17.7 Å². The molecular formula is C15H26ClN3O3. The summed E-state index contributed by atoms with van der Waals surface area (Å²) in [5.41, 5.74) is 5.10. The molecule has 1 fully saturated rings. The molecule has 1 atom stereocenters. The molecule has 0 spiro atoms. The first kappa shape index (κ1) is 18.9. The lowest BCUT2D eigenvalue weighted by Crippen LogP contribution is -2.50. The summed E-state index contributed by atoms with van der Waals surface area (Å²) >= 11 is 5.57. The van der Waals surface area contributed by atoms with E-state index in [2.05, 4.69) is 5.32 Å². The van der Waals surface area contributed by atoms with Gasteiger partial charge < -0.3 is 11.1 Å². The zero-order chi connectivity index (χ0) is 16.5. The molecule has 7 heteroatoms. The molecule has 0 aromatic carbocycles. The molecule has 126 valence electrons. The number of carbonyl (C=O) groups excluding carboxylic acids is 3. The van der Waals surface area contributed by atoms with Crippen LogP contribution in [0.2, 0.25) is 0 Å². The third kappa shape index (κ3) is 5.93. The maximum Gasteiger partial charge on any atom is 0.246 e. The first-order valence-corrected chi connectivity index (χ1v) is 8.38. The van der Waals surface area contributed by atoms with Crippen molar-refractivity contribution in [3.05, 3.63) is 0 Å². The monoisotopic (exact) mass is 331 g/mol. The number of likely N-dealkylation sites (N-methyl/N-ethyl adjacent to an activating group) is 1. The summed E-state index contributed by atoms with van der Waals surface area (Å²) in [5.74, 6) is -1.14. The number of imide groups is 1. The van der Waals surface area contributed by atoms with Gasteiger partial charge in [-0.1, -0.05) is 32.1 Å². The zero-order valence-corrected chi connectivity index (χ0v) is 13.9. The first-order chi connectivity index (χ1) is 10.5. The largest absolute Gasteiger partial charge is 0.370 e. The summed E-state index contributed by atoms with van der Waals surface area (Å²) in [6, 6.07) is -0.428. The molecule has 1 saturated carbocycles. The highest BCUT2D eigenvalue weighted by molar-refractivity contribution is 6.28. The van der Waals surface area contributed by atoms with Crippen molar-refractivity contribution in [3.8, 4) is 0 Å². The summed E-state index contributed by atoms with van der Waals surface area (Å²) < 4.78 is 0. The molecule has 0 aliphatic heterocycles. The fraction of sp³-hybridized carbons (Fsp3) is 0.800. The van der Waals surface area contributed by atoms with Crippen molar-refractivity contribution in [1.82, 2.24) is 10.2 Å². The van der Waals surface area contributed by atoms with Crippen molar-refractivity contribution in [2.75, 3.05) is 19.5 Å². The Balaban J connectivity index is 2.69. The van der Waals surface area contributed by atoms with E-state index in [4.69, 9.17) is 17.3 Å². The van der Waals surface area contributed by atoms with Crippen LogP contribution in [0.5, 0.6) is 0 Å². The minimum absolute atomic E-state index is 0.0113. The molecule has 0 heterocycles. The summed E-state index contributed by atoms with van der Waals surface area (Å²) in [7, 11) is 1.71.